The highest BCUT2D eigenvalue weighted by Gasteiger charge is 2.24. The summed E-state index contributed by atoms with van der Waals surface area (Å²) in [5.41, 5.74) is -0.731. The van der Waals surface area contributed by atoms with Crippen LogP contribution in [0.15, 0.2) is 0 Å². The number of ether oxygens (including phenoxy) is 1. The Hall–Kier alpha value is -0.610. The molecule has 27 heavy (non-hydrogen) atoms. The number of aliphatic hydroxyl groups is 2. The first-order valence-electron chi connectivity index (χ1n) is 11.5. The zero-order chi connectivity index (χ0) is 20.2. The van der Waals surface area contributed by atoms with Gasteiger partial charge in [0.2, 0.25) is 0 Å². The Bertz CT molecular complexity index is 326. The van der Waals surface area contributed by atoms with Crippen LogP contribution in [0.25, 0.3) is 0 Å². The number of carbonyl (C=O) groups is 1. The van der Waals surface area contributed by atoms with Crippen molar-refractivity contribution in [3.05, 3.63) is 0 Å². The van der Waals surface area contributed by atoms with Crippen molar-refractivity contribution < 1.29 is 19.7 Å². The second kappa shape index (κ2) is 18.7. The van der Waals surface area contributed by atoms with Gasteiger partial charge in [-0.2, -0.15) is 0 Å². The highest BCUT2D eigenvalue weighted by molar-refractivity contribution is 5.69. The van der Waals surface area contributed by atoms with Gasteiger partial charge in [-0.25, -0.2) is 0 Å². The first kappa shape index (κ1) is 26.4. The second-order valence-electron chi connectivity index (χ2n) is 8.49. The fraction of sp³-hybridized carbons (Fsp3) is 0.957. The van der Waals surface area contributed by atoms with Gasteiger partial charge in [0, 0.05) is 11.8 Å². The van der Waals surface area contributed by atoms with E-state index in [1.54, 1.807) is 6.92 Å². The SMILES string of the molecule is CCCCCCCCCCCCCCCCCC(=O)OCC(C)(CO)CO. The molecular formula is C23H46O4. The Morgan fingerprint density at radius 2 is 1.07 bits per heavy atom. The second-order valence-corrected chi connectivity index (χ2v) is 8.49. The van der Waals surface area contributed by atoms with E-state index in [9.17, 15) is 4.79 Å². The number of esters is 1. The predicted molar refractivity (Wildman–Crippen MR) is 113 cm³/mol. The summed E-state index contributed by atoms with van der Waals surface area (Å²) in [5, 5.41) is 18.3. The molecule has 0 fully saturated rings. The molecule has 0 radical (unpaired) electrons. The summed E-state index contributed by atoms with van der Waals surface area (Å²) >= 11 is 0. The molecule has 0 saturated heterocycles. The van der Waals surface area contributed by atoms with Crippen molar-refractivity contribution in [3.8, 4) is 0 Å². The van der Waals surface area contributed by atoms with Crippen LogP contribution in [0, 0.1) is 5.41 Å². The van der Waals surface area contributed by atoms with Crippen molar-refractivity contribution >= 4 is 5.97 Å². The standard InChI is InChI=1S/C23H46O4/c1-3-4-5-6-7-8-9-10-11-12-13-14-15-16-17-18-22(26)27-21-23(2,19-24)20-25/h24-25H,3-21H2,1-2H3. The maximum absolute atomic E-state index is 11.7. The first-order valence-corrected chi connectivity index (χ1v) is 11.5. The minimum Gasteiger partial charge on any atom is -0.465 e. The zero-order valence-corrected chi connectivity index (χ0v) is 18.1. The van der Waals surface area contributed by atoms with Gasteiger partial charge in [-0.3, -0.25) is 4.79 Å². The van der Waals surface area contributed by atoms with Crippen molar-refractivity contribution in [2.75, 3.05) is 19.8 Å². The average molecular weight is 387 g/mol. The molecule has 0 aromatic heterocycles. The van der Waals surface area contributed by atoms with E-state index in [2.05, 4.69) is 6.92 Å². The van der Waals surface area contributed by atoms with E-state index >= 15 is 0 Å². The van der Waals surface area contributed by atoms with Gasteiger partial charge in [0.05, 0.1) is 13.2 Å². The Kier molecular flexibility index (Phi) is 18.3. The fourth-order valence-corrected chi connectivity index (χ4v) is 3.11. The maximum atomic E-state index is 11.7. The Morgan fingerprint density at radius 1 is 0.704 bits per heavy atom. The molecule has 0 aliphatic heterocycles. The summed E-state index contributed by atoms with van der Waals surface area (Å²) in [6, 6.07) is 0. The van der Waals surface area contributed by atoms with E-state index < -0.39 is 5.41 Å². The molecule has 0 bridgehead atoms. The van der Waals surface area contributed by atoms with Crippen molar-refractivity contribution in [1.82, 2.24) is 0 Å². The molecule has 0 unspecified atom stereocenters. The van der Waals surface area contributed by atoms with Crippen LogP contribution in [0.2, 0.25) is 0 Å². The average Bonchev–Trinajstić information content (AvgIpc) is 2.69. The number of rotatable bonds is 20. The lowest BCUT2D eigenvalue weighted by Crippen LogP contribution is -2.32. The lowest BCUT2D eigenvalue weighted by Gasteiger charge is -2.23. The number of unbranched alkanes of at least 4 members (excludes halogenated alkanes) is 14. The predicted octanol–water partition coefficient (Wildman–Crippen LogP) is 5.78. The van der Waals surface area contributed by atoms with Gasteiger partial charge in [-0.05, 0) is 6.42 Å². The van der Waals surface area contributed by atoms with Crippen molar-refractivity contribution in [3.63, 3.8) is 0 Å². The fourth-order valence-electron chi connectivity index (χ4n) is 3.11. The van der Waals surface area contributed by atoms with Crippen LogP contribution >= 0.6 is 0 Å². The van der Waals surface area contributed by atoms with Gasteiger partial charge < -0.3 is 14.9 Å². The van der Waals surface area contributed by atoms with Crippen LogP contribution in [-0.4, -0.2) is 36.0 Å². The molecule has 0 amide bonds. The molecule has 4 heteroatoms. The number of aliphatic hydroxyl groups excluding tert-OH is 2. The molecule has 0 heterocycles. The van der Waals surface area contributed by atoms with E-state index in [0.717, 1.165) is 12.8 Å². The van der Waals surface area contributed by atoms with Crippen molar-refractivity contribution in [1.29, 1.82) is 0 Å². The quantitative estimate of drug-likeness (QED) is 0.205. The Labute approximate surface area is 168 Å². The monoisotopic (exact) mass is 386 g/mol. The minimum absolute atomic E-state index is 0.0809. The van der Waals surface area contributed by atoms with Crippen molar-refractivity contribution in [2.24, 2.45) is 5.41 Å². The highest BCUT2D eigenvalue weighted by atomic mass is 16.5. The van der Waals surface area contributed by atoms with E-state index in [1.165, 1.54) is 83.5 Å². The van der Waals surface area contributed by atoms with Gasteiger partial charge >= 0.3 is 5.97 Å². The summed E-state index contributed by atoms with van der Waals surface area (Å²) in [7, 11) is 0. The lowest BCUT2D eigenvalue weighted by molar-refractivity contribution is -0.149. The summed E-state index contributed by atoms with van der Waals surface area (Å²) < 4.78 is 5.15. The molecule has 2 N–H and O–H groups in total. The van der Waals surface area contributed by atoms with E-state index in [-0.39, 0.29) is 25.8 Å². The molecule has 0 atom stereocenters. The molecule has 0 aliphatic rings. The van der Waals surface area contributed by atoms with E-state index in [0.29, 0.717) is 6.42 Å². The Balaban J connectivity index is 3.28. The largest absolute Gasteiger partial charge is 0.465 e. The molecule has 0 rings (SSSR count). The van der Waals surface area contributed by atoms with Crippen LogP contribution in [-0.2, 0) is 9.53 Å². The van der Waals surface area contributed by atoms with Crippen LogP contribution in [0.3, 0.4) is 0 Å². The normalized spacial score (nSPS) is 11.7. The van der Waals surface area contributed by atoms with Gasteiger partial charge in [0.1, 0.15) is 6.61 Å². The summed E-state index contributed by atoms with van der Waals surface area (Å²) in [4.78, 5) is 11.7. The molecule has 0 spiro atoms. The molecule has 162 valence electrons. The molecule has 0 saturated carbocycles. The molecule has 4 nitrogen and oxygen atoms in total. The van der Waals surface area contributed by atoms with Crippen molar-refractivity contribution in [2.45, 2.75) is 117 Å². The van der Waals surface area contributed by atoms with Gasteiger partial charge in [0.15, 0.2) is 0 Å². The topological polar surface area (TPSA) is 66.8 Å². The summed E-state index contributed by atoms with van der Waals surface area (Å²) in [6.45, 7) is 3.68. The van der Waals surface area contributed by atoms with Gasteiger partial charge in [0.25, 0.3) is 0 Å². The molecule has 0 aromatic rings. The summed E-state index contributed by atoms with van der Waals surface area (Å²) in [5.74, 6) is -0.224. The third-order valence-corrected chi connectivity index (χ3v) is 5.33. The lowest BCUT2D eigenvalue weighted by atomic mass is 9.94. The third-order valence-electron chi connectivity index (χ3n) is 5.33. The minimum atomic E-state index is -0.731. The zero-order valence-electron chi connectivity index (χ0n) is 18.1. The number of hydrogen-bond donors (Lipinski definition) is 2. The van der Waals surface area contributed by atoms with Crippen LogP contribution in [0.5, 0.6) is 0 Å². The van der Waals surface area contributed by atoms with E-state index in [4.69, 9.17) is 14.9 Å². The number of carbonyl (C=O) groups excluding carboxylic acids is 1. The summed E-state index contributed by atoms with van der Waals surface area (Å²) in [6.07, 6.45) is 20.0. The molecule has 0 aliphatic carbocycles. The highest BCUT2D eigenvalue weighted by Crippen LogP contribution is 2.16. The third kappa shape index (κ3) is 17.2. The smallest absolute Gasteiger partial charge is 0.305 e. The Morgan fingerprint density at radius 3 is 1.44 bits per heavy atom. The van der Waals surface area contributed by atoms with E-state index in [1.807, 2.05) is 0 Å². The maximum Gasteiger partial charge on any atom is 0.305 e. The first-order chi connectivity index (χ1) is 13.1. The van der Waals surface area contributed by atoms with Gasteiger partial charge in [-0.1, -0.05) is 104 Å². The van der Waals surface area contributed by atoms with Gasteiger partial charge in [-0.15, -0.1) is 0 Å². The molecule has 0 aromatic carbocycles. The number of hydrogen-bond acceptors (Lipinski definition) is 4. The van der Waals surface area contributed by atoms with Crippen LogP contribution < -0.4 is 0 Å². The molecular weight excluding hydrogens is 340 g/mol. The van der Waals surface area contributed by atoms with Crippen LogP contribution in [0.1, 0.15) is 117 Å². The van der Waals surface area contributed by atoms with Crippen LogP contribution in [0.4, 0.5) is 0 Å².